The van der Waals surface area contributed by atoms with Crippen molar-refractivity contribution in [2.45, 2.75) is 58.2 Å². The standard InChI is InChI=1S/C23H27ClN4O4S/c1-13-11-15(3-4-17(13)24)12-27-9-7-16(8-10-27)28-18(5-6-19(28)29)21(30)26-23-25-14(2)20(33-23)22(31)32/h3-4,11,16,18H,5-10,12H2,1-2H3,(H,31,32)(H,25,26,30). The van der Waals surface area contributed by atoms with E-state index in [1.807, 2.05) is 19.1 Å². The Bertz CT molecular complexity index is 1080. The third-order valence-electron chi connectivity index (χ3n) is 6.36. The van der Waals surface area contributed by atoms with Crippen molar-refractivity contribution in [1.29, 1.82) is 0 Å². The van der Waals surface area contributed by atoms with Gasteiger partial charge in [-0.05, 0) is 50.3 Å². The molecule has 176 valence electrons. The van der Waals surface area contributed by atoms with E-state index in [1.165, 1.54) is 5.56 Å². The van der Waals surface area contributed by atoms with Crippen molar-refractivity contribution in [3.05, 3.63) is 44.9 Å². The van der Waals surface area contributed by atoms with E-state index in [1.54, 1.807) is 11.8 Å². The van der Waals surface area contributed by atoms with Crippen LogP contribution in [-0.2, 0) is 16.1 Å². The predicted octanol–water partition coefficient (Wildman–Crippen LogP) is 3.71. The van der Waals surface area contributed by atoms with Crippen LogP contribution < -0.4 is 5.32 Å². The van der Waals surface area contributed by atoms with Gasteiger partial charge >= 0.3 is 5.97 Å². The summed E-state index contributed by atoms with van der Waals surface area (Å²) in [7, 11) is 0. The van der Waals surface area contributed by atoms with Crippen molar-refractivity contribution in [2.75, 3.05) is 18.4 Å². The Balaban J connectivity index is 1.37. The largest absolute Gasteiger partial charge is 0.477 e. The van der Waals surface area contributed by atoms with Gasteiger partial charge in [-0.15, -0.1) is 0 Å². The van der Waals surface area contributed by atoms with Crippen molar-refractivity contribution in [3.8, 4) is 0 Å². The van der Waals surface area contributed by atoms with E-state index in [9.17, 15) is 19.5 Å². The normalized spacial score (nSPS) is 19.8. The second kappa shape index (κ2) is 9.79. The van der Waals surface area contributed by atoms with Gasteiger partial charge in [-0.1, -0.05) is 35.1 Å². The number of aromatic nitrogens is 1. The highest BCUT2D eigenvalue weighted by Gasteiger charge is 2.41. The van der Waals surface area contributed by atoms with Gasteiger partial charge in [0.05, 0.1) is 5.69 Å². The quantitative estimate of drug-likeness (QED) is 0.640. The van der Waals surface area contributed by atoms with E-state index in [0.717, 1.165) is 54.4 Å². The molecule has 2 aromatic rings. The van der Waals surface area contributed by atoms with Crippen LogP contribution in [0.3, 0.4) is 0 Å². The Hall–Kier alpha value is -2.49. The van der Waals surface area contributed by atoms with Crippen molar-refractivity contribution in [3.63, 3.8) is 0 Å². The van der Waals surface area contributed by atoms with E-state index in [0.29, 0.717) is 18.5 Å². The molecular formula is C23H27ClN4O4S. The van der Waals surface area contributed by atoms with Gasteiger partial charge in [0.25, 0.3) is 0 Å². The van der Waals surface area contributed by atoms with Crippen molar-refractivity contribution < 1.29 is 19.5 Å². The molecule has 0 saturated carbocycles. The Labute approximate surface area is 201 Å². The van der Waals surface area contributed by atoms with Crippen molar-refractivity contribution >= 4 is 45.9 Å². The van der Waals surface area contributed by atoms with E-state index >= 15 is 0 Å². The van der Waals surface area contributed by atoms with Gasteiger partial charge in [-0.25, -0.2) is 9.78 Å². The molecule has 1 atom stereocenters. The van der Waals surface area contributed by atoms with Crippen LogP contribution in [0.25, 0.3) is 0 Å². The predicted molar refractivity (Wildman–Crippen MR) is 127 cm³/mol. The molecule has 1 unspecified atom stereocenters. The Kier molecular flexibility index (Phi) is 7.02. The molecule has 0 aliphatic carbocycles. The number of thiazole rings is 1. The lowest BCUT2D eigenvalue weighted by molar-refractivity contribution is -0.136. The van der Waals surface area contributed by atoms with Crippen LogP contribution in [0.1, 0.15) is 52.2 Å². The van der Waals surface area contributed by atoms with Crippen LogP contribution in [0.2, 0.25) is 5.02 Å². The monoisotopic (exact) mass is 490 g/mol. The maximum absolute atomic E-state index is 13.0. The summed E-state index contributed by atoms with van der Waals surface area (Å²) in [6.07, 6.45) is 2.42. The van der Waals surface area contributed by atoms with Crippen LogP contribution in [0, 0.1) is 13.8 Å². The van der Waals surface area contributed by atoms with E-state index in [2.05, 4.69) is 21.3 Å². The number of amides is 2. The number of rotatable bonds is 6. The summed E-state index contributed by atoms with van der Waals surface area (Å²) >= 11 is 7.06. The number of nitrogens with one attached hydrogen (secondary N) is 1. The number of likely N-dealkylation sites (tertiary alicyclic amines) is 2. The Morgan fingerprint density at radius 2 is 1.97 bits per heavy atom. The molecule has 3 heterocycles. The summed E-state index contributed by atoms with van der Waals surface area (Å²) < 4.78 is 0. The lowest BCUT2D eigenvalue weighted by Gasteiger charge is -2.39. The van der Waals surface area contributed by atoms with E-state index < -0.39 is 12.0 Å². The molecular weight excluding hydrogens is 464 g/mol. The fourth-order valence-corrected chi connectivity index (χ4v) is 5.60. The zero-order chi connectivity index (χ0) is 23.7. The number of nitrogens with zero attached hydrogens (tertiary/aromatic N) is 3. The van der Waals surface area contributed by atoms with E-state index in [-0.39, 0.29) is 27.9 Å². The number of carbonyl (C=O) groups excluding carboxylic acids is 2. The lowest BCUT2D eigenvalue weighted by atomic mass is 10.0. The molecule has 0 radical (unpaired) electrons. The maximum atomic E-state index is 13.0. The number of hydrogen-bond acceptors (Lipinski definition) is 6. The first-order chi connectivity index (χ1) is 15.7. The molecule has 1 aromatic carbocycles. The van der Waals surface area contributed by atoms with Gasteiger partial charge in [-0.2, -0.15) is 0 Å². The second-order valence-corrected chi connectivity index (χ2v) is 10.1. The molecule has 33 heavy (non-hydrogen) atoms. The van der Waals surface area contributed by atoms with Gasteiger partial charge in [0.15, 0.2) is 5.13 Å². The average Bonchev–Trinajstić information content (AvgIpc) is 3.33. The zero-order valence-electron chi connectivity index (χ0n) is 18.6. The molecule has 2 aliphatic rings. The first kappa shape index (κ1) is 23.7. The minimum Gasteiger partial charge on any atom is -0.477 e. The van der Waals surface area contributed by atoms with Gasteiger partial charge in [0, 0.05) is 37.1 Å². The molecule has 0 spiro atoms. The third kappa shape index (κ3) is 5.20. The highest BCUT2D eigenvalue weighted by molar-refractivity contribution is 7.17. The van der Waals surface area contributed by atoms with Crippen molar-refractivity contribution in [1.82, 2.24) is 14.8 Å². The van der Waals surface area contributed by atoms with E-state index in [4.69, 9.17) is 11.6 Å². The summed E-state index contributed by atoms with van der Waals surface area (Å²) in [6, 6.07) is 5.54. The summed E-state index contributed by atoms with van der Waals surface area (Å²) in [4.78, 5) is 45.2. The molecule has 4 rings (SSSR count). The molecule has 2 aliphatic heterocycles. The maximum Gasteiger partial charge on any atom is 0.347 e. The third-order valence-corrected chi connectivity index (χ3v) is 7.84. The number of carbonyl (C=O) groups is 3. The van der Waals surface area contributed by atoms with Gasteiger partial charge in [0.2, 0.25) is 11.8 Å². The number of aromatic carboxylic acids is 1. The molecule has 1 aromatic heterocycles. The lowest BCUT2D eigenvalue weighted by Crippen LogP contribution is -2.51. The van der Waals surface area contributed by atoms with Crippen LogP contribution >= 0.6 is 22.9 Å². The van der Waals surface area contributed by atoms with Gasteiger partial charge < -0.3 is 15.3 Å². The molecule has 2 saturated heterocycles. The minimum absolute atomic E-state index is 0.00321. The second-order valence-electron chi connectivity index (χ2n) is 8.67. The number of carboxylic acids is 1. The summed E-state index contributed by atoms with van der Waals surface area (Å²) in [5.74, 6) is -1.36. The van der Waals surface area contributed by atoms with Gasteiger partial charge in [0.1, 0.15) is 10.9 Å². The number of anilines is 1. The molecule has 2 N–H and O–H groups in total. The number of aryl methyl sites for hydroxylation is 2. The SMILES string of the molecule is Cc1cc(CN2CCC(N3C(=O)CCC3C(=O)Nc3nc(C)c(C(=O)O)s3)CC2)ccc1Cl. The summed E-state index contributed by atoms with van der Waals surface area (Å²) in [5.41, 5.74) is 2.64. The first-order valence-corrected chi connectivity index (χ1v) is 12.2. The fraction of sp³-hybridized carbons (Fsp3) is 0.478. The summed E-state index contributed by atoms with van der Waals surface area (Å²) in [6.45, 7) is 6.12. The smallest absolute Gasteiger partial charge is 0.347 e. The number of halogens is 1. The molecule has 2 fully saturated rings. The zero-order valence-corrected chi connectivity index (χ0v) is 20.2. The number of carboxylic acid groups (broad SMARTS) is 1. The molecule has 2 amide bonds. The topological polar surface area (TPSA) is 103 Å². The van der Waals surface area contributed by atoms with Crippen LogP contribution in [0.5, 0.6) is 0 Å². The summed E-state index contributed by atoms with van der Waals surface area (Å²) in [5, 5.41) is 13.0. The van der Waals surface area contributed by atoms with Gasteiger partial charge in [-0.3, -0.25) is 14.5 Å². The first-order valence-electron chi connectivity index (χ1n) is 11.0. The number of benzene rings is 1. The highest BCUT2D eigenvalue weighted by Crippen LogP contribution is 2.30. The van der Waals surface area contributed by atoms with Crippen molar-refractivity contribution in [2.24, 2.45) is 0 Å². The Morgan fingerprint density at radius 3 is 2.61 bits per heavy atom. The fourth-order valence-electron chi connectivity index (χ4n) is 4.67. The molecule has 0 bridgehead atoms. The van der Waals surface area contributed by atoms with Crippen LogP contribution in [0.4, 0.5) is 5.13 Å². The molecule has 10 heteroatoms. The highest BCUT2D eigenvalue weighted by atomic mass is 35.5. The average molecular weight is 491 g/mol. The van der Waals surface area contributed by atoms with Crippen LogP contribution in [-0.4, -0.2) is 62.8 Å². The minimum atomic E-state index is -1.07. The number of piperidine rings is 1. The number of hydrogen-bond donors (Lipinski definition) is 2. The molecule has 8 nitrogen and oxygen atoms in total. The Morgan fingerprint density at radius 1 is 1.24 bits per heavy atom. The van der Waals surface area contributed by atoms with Crippen LogP contribution in [0.15, 0.2) is 18.2 Å².